The molecule has 196 valence electrons. The maximum absolute atomic E-state index is 13.3. The zero-order valence-corrected chi connectivity index (χ0v) is 22.8. The summed E-state index contributed by atoms with van der Waals surface area (Å²) in [5.41, 5.74) is 7.85. The summed E-state index contributed by atoms with van der Waals surface area (Å²) in [6, 6.07) is 16.7. The first-order chi connectivity index (χ1) is 17.2. The van der Waals surface area contributed by atoms with Crippen molar-refractivity contribution in [3.05, 3.63) is 82.9 Å². The topological polar surface area (TPSA) is 150 Å². The summed E-state index contributed by atoms with van der Waals surface area (Å²) >= 11 is 6.45. The Kier molecular flexibility index (Phi) is 8.43. The van der Waals surface area contributed by atoms with Gasteiger partial charge in [-0.25, -0.2) is 16.8 Å². The van der Waals surface area contributed by atoms with Crippen molar-refractivity contribution in [3.8, 4) is 11.1 Å². The molecule has 37 heavy (non-hydrogen) atoms. The van der Waals surface area contributed by atoms with Gasteiger partial charge < -0.3 is 11.1 Å². The highest BCUT2D eigenvalue weighted by molar-refractivity contribution is 7.90. The van der Waals surface area contributed by atoms with Crippen LogP contribution in [0.1, 0.15) is 11.1 Å². The molecule has 12 heteroatoms. The van der Waals surface area contributed by atoms with E-state index in [-0.39, 0.29) is 27.9 Å². The van der Waals surface area contributed by atoms with E-state index in [1.165, 1.54) is 25.2 Å². The molecule has 3 aromatic rings. The monoisotopic (exact) mass is 562 g/mol. The van der Waals surface area contributed by atoms with Crippen molar-refractivity contribution in [1.29, 1.82) is 5.41 Å². The number of nitrogens with zero attached hydrogens (tertiary/aromatic N) is 1. The van der Waals surface area contributed by atoms with Gasteiger partial charge in [-0.2, -0.15) is 4.31 Å². The molecule has 0 fully saturated rings. The van der Waals surface area contributed by atoms with Crippen LogP contribution < -0.4 is 11.1 Å². The SMILES string of the molecule is CN([C@@H](Cc1cccc(C(=N)N)c1)C(=O)Nc1ccc(-c2ccccc2S(C)(=O)=O)cc1Cl)S(C)(=O)=O. The summed E-state index contributed by atoms with van der Waals surface area (Å²) in [5.74, 6) is -0.768. The Labute approximate surface area is 221 Å². The van der Waals surface area contributed by atoms with Crippen molar-refractivity contribution in [1.82, 2.24) is 4.31 Å². The lowest BCUT2D eigenvalue weighted by Gasteiger charge is -2.26. The first-order valence-electron chi connectivity index (χ1n) is 10.9. The highest BCUT2D eigenvalue weighted by Crippen LogP contribution is 2.32. The lowest BCUT2D eigenvalue weighted by molar-refractivity contribution is -0.119. The van der Waals surface area contributed by atoms with E-state index >= 15 is 0 Å². The summed E-state index contributed by atoms with van der Waals surface area (Å²) in [7, 11) is -5.93. The quantitative estimate of drug-likeness (QED) is 0.269. The van der Waals surface area contributed by atoms with Gasteiger partial charge in [-0.1, -0.05) is 54.1 Å². The number of sulfonamides is 1. The van der Waals surface area contributed by atoms with Crippen molar-refractivity contribution in [2.45, 2.75) is 17.4 Å². The van der Waals surface area contributed by atoms with Gasteiger partial charge >= 0.3 is 0 Å². The molecule has 3 rings (SSSR count). The van der Waals surface area contributed by atoms with Gasteiger partial charge in [-0.15, -0.1) is 0 Å². The molecule has 0 heterocycles. The van der Waals surface area contributed by atoms with Crippen molar-refractivity contribution < 1.29 is 21.6 Å². The van der Waals surface area contributed by atoms with Crippen LogP contribution in [0.25, 0.3) is 11.1 Å². The summed E-state index contributed by atoms with van der Waals surface area (Å²) in [4.78, 5) is 13.4. The summed E-state index contributed by atoms with van der Waals surface area (Å²) in [6.45, 7) is 0. The highest BCUT2D eigenvalue weighted by atomic mass is 35.5. The first-order valence-corrected chi connectivity index (χ1v) is 15.1. The van der Waals surface area contributed by atoms with Crippen LogP contribution in [0, 0.1) is 5.41 Å². The number of amides is 1. The Bertz CT molecular complexity index is 1570. The van der Waals surface area contributed by atoms with Crippen molar-refractivity contribution in [3.63, 3.8) is 0 Å². The molecule has 0 radical (unpaired) electrons. The normalized spacial score (nSPS) is 12.8. The number of nitrogens with two attached hydrogens (primary N) is 1. The molecule has 0 spiro atoms. The van der Waals surface area contributed by atoms with Crippen LogP contribution in [0.2, 0.25) is 5.02 Å². The molecule has 3 aromatic carbocycles. The zero-order valence-electron chi connectivity index (χ0n) is 20.4. The van der Waals surface area contributed by atoms with E-state index in [1.54, 1.807) is 48.5 Å². The minimum atomic E-state index is -3.74. The van der Waals surface area contributed by atoms with E-state index < -0.39 is 31.8 Å². The maximum Gasteiger partial charge on any atom is 0.243 e. The van der Waals surface area contributed by atoms with Gasteiger partial charge in [0.25, 0.3) is 0 Å². The van der Waals surface area contributed by atoms with Crippen LogP contribution in [0.3, 0.4) is 0 Å². The first kappa shape index (κ1) is 28.3. The molecule has 0 aliphatic heterocycles. The molecule has 4 N–H and O–H groups in total. The van der Waals surface area contributed by atoms with Crippen LogP contribution >= 0.6 is 11.6 Å². The van der Waals surface area contributed by atoms with Crippen molar-refractivity contribution in [2.24, 2.45) is 5.73 Å². The molecule has 0 bridgehead atoms. The van der Waals surface area contributed by atoms with Crippen LogP contribution in [-0.4, -0.2) is 58.5 Å². The van der Waals surface area contributed by atoms with Gasteiger partial charge in [-0.3, -0.25) is 10.2 Å². The summed E-state index contributed by atoms with van der Waals surface area (Å²) in [6.07, 6.45) is 2.14. The number of sulfone groups is 1. The third-order valence-corrected chi connectivity index (χ3v) is 8.52. The van der Waals surface area contributed by atoms with Crippen molar-refractivity contribution >= 4 is 48.9 Å². The van der Waals surface area contributed by atoms with Crippen molar-refractivity contribution in [2.75, 3.05) is 24.9 Å². The number of anilines is 1. The van der Waals surface area contributed by atoms with Gasteiger partial charge in [0.2, 0.25) is 15.9 Å². The van der Waals surface area contributed by atoms with Crippen LogP contribution in [0.5, 0.6) is 0 Å². The molecule has 9 nitrogen and oxygen atoms in total. The Hall–Kier alpha value is -3.25. The molecule has 0 aliphatic carbocycles. The Morgan fingerprint density at radius 1 is 1.03 bits per heavy atom. The van der Waals surface area contributed by atoms with E-state index in [0.717, 1.165) is 16.8 Å². The number of halogens is 1. The minimum Gasteiger partial charge on any atom is -0.384 e. The molecule has 0 saturated heterocycles. The number of rotatable bonds is 9. The lowest BCUT2D eigenvalue weighted by atomic mass is 10.0. The third kappa shape index (κ3) is 6.95. The predicted octanol–water partition coefficient (Wildman–Crippen LogP) is 3.14. The van der Waals surface area contributed by atoms with Gasteiger partial charge in [0.05, 0.1) is 21.9 Å². The molecule has 0 unspecified atom stereocenters. The molecule has 1 amide bonds. The second-order valence-corrected chi connectivity index (χ2v) is 13.0. The smallest absolute Gasteiger partial charge is 0.243 e. The number of nitrogen functional groups attached to an aromatic ring is 1. The second-order valence-electron chi connectivity index (χ2n) is 8.57. The van der Waals surface area contributed by atoms with E-state index in [0.29, 0.717) is 22.3 Å². The zero-order chi connectivity index (χ0) is 27.5. The Morgan fingerprint density at radius 2 is 1.70 bits per heavy atom. The number of likely N-dealkylation sites (N-methyl/N-ethyl adjacent to an activating group) is 1. The van der Waals surface area contributed by atoms with Gasteiger partial charge in [0.15, 0.2) is 9.84 Å². The number of nitrogens with one attached hydrogen (secondary N) is 2. The highest BCUT2D eigenvalue weighted by Gasteiger charge is 2.30. The average molecular weight is 563 g/mol. The Balaban J connectivity index is 1.93. The van der Waals surface area contributed by atoms with E-state index in [9.17, 15) is 21.6 Å². The average Bonchev–Trinajstić information content (AvgIpc) is 2.82. The number of carbonyl (C=O) groups excluding carboxylic acids is 1. The molecular formula is C25H27ClN4O5S2. The number of benzene rings is 3. The second kappa shape index (κ2) is 11.0. The third-order valence-electron chi connectivity index (χ3n) is 5.76. The molecule has 0 aromatic heterocycles. The molecule has 0 aliphatic rings. The standard InChI is InChI=1S/C25H27ClN4O5S2/c1-30(37(3,34)35)22(14-16-7-6-8-18(13-16)24(27)28)25(31)29-21-12-11-17(15-20(21)26)19-9-4-5-10-23(19)36(2,32)33/h4-13,15,22H,14H2,1-3H3,(H3,27,28)(H,29,31)/t22-/m0/s1. The fourth-order valence-corrected chi connectivity index (χ4v) is 5.51. The summed E-state index contributed by atoms with van der Waals surface area (Å²) < 4.78 is 49.9. The molecular weight excluding hydrogens is 536 g/mol. The maximum atomic E-state index is 13.3. The van der Waals surface area contributed by atoms with Gasteiger partial charge in [0, 0.05) is 24.4 Å². The predicted molar refractivity (Wildman–Crippen MR) is 146 cm³/mol. The largest absolute Gasteiger partial charge is 0.384 e. The number of hydrogen-bond donors (Lipinski definition) is 3. The van der Waals surface area contributed by atoms with Crippen LogP contribution in [0.4, 0.5) is 5.69 Å². The molecule has 1 atom stereocenters. The fourth-order valence-electron chi connectivity index (χ4n) is 3.74. The minimum absolute atomic E-state index is 0.0218. The summed E-state index contributed by atoms with van der Waals surface area (Å²) in [5, 5.41) is 10.5. The Morgan fingerprint density at radius 3 is 2.30 bits per heavy atom. The molecule has 0 saturated carbocycles. The van der Waals surface area contributed by atoms with Gasteiger partial charge in [0.1, 0.15) is 11.9 Å². The van der Waals surface area contributed by atoms with Gasteiger partial charge in [-0.05, 0) is 41.8 Å². The van der Waals surface area contributed by atoms with E-state index in [2.05, 4.69) is 5.32 Å². The lowest BCUT2D eigenvalue weighted by Crippen LogP contribution is -2.46. The van der Waals surface area contributed by atoms with Crippen LogP contribution in [-0.2, 0) is 31.1 Å². The number of carbonyl (C=O) groups is 1. The number of hydrogen-bond acceptors (Lipinski definition) is 6. The van der Waals surface area contributed by atoms with E-state index in [1.807, 2.05) is 0 Å². The van der Waals surface area contributed by atoms with E-state index in [4.69, 9.17) is 22.7 Å². The number of amidine groups is 1. The fraction of sp³-hybridized carbons (Fsp3) is 0.200. The van der Waals surface area contributed by atoms with Crippen LogP contribution in [0.15, 0.2) is 71.6 Å².